The van der Waals surface area contributed by atoms with Gasteiger partial charge in [0.2, 0.25) is 5.91 Å². The maximum Gasteiger partial charge on any atom is 0.234 e. The van der Waals surface area contributed by atoms with Crippen molar-refractivity contribution in [3.05, 3.63) is 63.4 Å². The second-order valence-corrected chi connectivity index (χ2v) is 8.79. The Morgan fingerprint density at radius 2 is 2.00 bits per heavy atom. The highest BCUT2D eigenvalue weighted by Gasteiger charge is 2.20. The monoisotopic (exact) mass is 478 g/mol. The molecule has 1 atom stereocenters. The number of amides is 1. The molecular weight excluding hydrogens is 455 g/mol. The van der Waals surface area contributed by atoms with E-state index in [9.17, 15) is 4.79 Å². The number of thioether (sulfide) groups is 1. The van der Waals surface area contributed by atoms with Crippen LogP contribution in [0.4, 0.5) is 5.69 Å². The summed E-state index contributed by atoms with van der Waals surface area (Å²) >= 11 is 13.3. The summed E-state index contributed by atoms with van der Waals surface area (Å²) in [5, 5.41) is 12.9. The van der Waals surface area contributed by atoms with Crippen LogP contribution in [0.15, 0.2) is 41.6 Å². The van der Waals surface area contributed by atoms with Crippen LogP contribution in [-0.2, 0) is 11.3 Å². The van der Waals surface area contributed by atoms with Crippen molar-refractivity contribution < 1.29 is 9.53 Å². The second-order valence-electron chi connectivity index (χ2n) is 7.00. The summed E-state index contributed by atoms with van der Waals surface area (Å²) < 4.78 is 8.12. The number of anilines is 1. The van der Waals surface area contributed by atoms with Gasteiger partial charge in [0.25, 0.3) is 0 Å². The van der Waals surface area contributed by atoms with Crippen LogP contribution in [-0.4, -0.2) is 26.4 Å². The quantitative estimate of drug-likeness (QED) is 0.396. The molecule has 0 spiro atoms. The summed E-state index contributed by atoms with van der Waals surface area (Å²) in [5.74, 6) is 1.52. The minimum Gasteiger partial charge on any atom is -0.482 e. The standard InChI is InChI=1S/C22H24Cl2N4O2S/c1-5-28-21(15(4)30-19-8-6-7-13(2)14(19)3)26-27-22(28)31-12-20(29)25-18-10-9-16(23)11-17(18)24/h6-11,15H,5,12H2,1-4H3,(H,25,29). The minimum absolute atomic E-state index is 0.170. The van der Waals surface area contributed by atoms with E-state index < -0.39 is 0 Å². The fourth-order valence-electron chi connectivity index (χ4n) is 3.01. The van der Waals surface area contributed by atoms with Crippen molar-refractivity contribution in [1.82, 2.24) is 14.8 Å². The lowest BCUT2D eigenvalue weighted by Gasteiger charge is -2.17. The van der Waals surface area contributed by atoms with Gasteiger partial charge in [0.1, 0.15) is 5.75 Å². The molecule has 9 heteroatoms. The molecule has 2 aromatic carbocycles. The summed E-state index contributed by atoms with van der Waals surface area (Å²) in [5.41, 5.74) is 2.79. The number of aromatic nitrogens is 3. The molecule has 0 aliphatic carbocycles. The van der Waals surface area contributed by atoms with E-state index in [-0.39, 0.29) is 17.8 Å². The second kappa shape index (κ2) is 10.4. The van der Waals surface area contributed by atoms with E-state index in [2.05, 4.69) is 28.5 Å². The molecule has 1 N–H and O–H groups in total. The van der Waals surface area contributed by atoms with Gasteiger partial charge in [-0.3, -0.25) is 4.79 Å². The molecule has 0 aliphatic heterocycles. The first-order chi connectivity index (χ1) is 14.8. The van der Waals surface area contributed by atoms with Crippen LogP contribution in [0.3, 0.4) is 0 Å². The lowest BCUT2D eigenvalue weighted by atomic mass is 10.1. The van der Waals surface area contributed by atoms with Crippen molar-refractivity contribution in [3.63, 3.8) is 0 Å². The predicted molar refractivity (Wildman–Crippen MR) is 126 cm³/mol. The summed E-state index contributed by atoms with van der Waals surface area (Å²) in [6.45, 7) is 8.71. The van der Waals surface area contributed by atoms with E-state index in [1.165, 1.54) is 17.3 Å². The van der Waals surface area contributed by atoms with E-state index in [0.29, 0.717) is 33.3 Å². The Bertz CT molecular complexity index is 1090. The van der Waals surface area contributed by atoms with Crippen LogP contribution in [0.25, 0.3) is 0 Å². The molecule has 3 aromatic rings. The van der Waals surface area contributed by atoms with Gasteiger partial charge in [0.15, 0.2) is 17.1 Å². The van der Waals surface area contributed by atoms with Crippen molar-refractivity contribution in [1.29, 1.82) is 0 Å². The number of carbonyl (C=O) groups excluding carboxylic acids is 1. The molecule has 0 radical (unpaired) electrons. The predicted octanol–water partition coefficient (Wildman–Crippen LogP) is 6.09. The number of nitrogens with zero attached hydrogens (tertiary/aromatic N) is 3. The van der Waals surface area contributed by atoms with Gasteiger partial charge in [-0.25, -0.2) is 0 Å². The lowest BCUT2D eigenvalue weighted by molar-refractivity contribution is -0.113. The number of halogens is 2. The van der Waals surface area contributed by atoms with E-state index in [0.717, 1.165) is 11.3 Å². The van der Waals surface area contributed by atoms with Gasteiger partial charge in [0.05, 0.1) is 16.5 Å². The Morgan fingerprint density at radius 1 is 1.23 bits per heavy atom. The van der Waals surface area contributed by atoms with Gasteiger partial charge in [-0.15, -0.1) is 10.2 Å². The van der Waals surface area contributed by atoms with Gasteiger partial charge < -0.3 is 14.6 Å². The SMILES string of the molecule is CCn1c(SCC(=O)Nc2ccc(Cl)cc2Cl)nnc1C(C)Oc1cccc(C)c1C. The zero-order valence-corrected chi connectivity index (χ0v) is 20.1. The number of rotatable bonds is 8. The highest BCUT2D eigenvalue weighted by Crippen LogP contribution is 2.29. The smallest absolute Gasteiger partial charge is 0.234 e. The van der Waals surface area contributed by atoms with Crippen molar-refractivity contribution >= 4 is 46.6 Å². The number of hydrogen-bond donors (Lipinski definition) is 1. The Morgan fingerprint density at radius 3 is 2.71 bits per heavy atom. The number of nitrogens with one attached hydrogen (secondary N) is 1. The van der Waals surface area contributed by atoms with Crippen LogP contribution < -0.4 is 10.1 Å². The third-order valence-electron chi connectivity index (χ3n) is 4.82. The van der Waals surface area contributed by atoms with E-state index in [4.69, 9.17) is 27.9 Å². The molecule has 0 bridgehead atoms. The summed E-state index contributed by atoms with van der Waals surface area (Å²) in [4.78, 5) is 12.4. The molecule has 164 valence electrons. The Kier molecular flexibility index (Phi) is 7.86. The first-order valence-electron chi connectivity index (χ1n) is 9.83. The average molecular weight is 479 g/mol. The van der Waals surface area contributed by atoms with Crippen LogP contribution >= 0.6 is 35.0 Å². The van der Waals surface area contributed by atoms with E-state index in [1.807, 2.05) is 37.5 Å². The zero-order chi connectivity index (χ0) is 22.5. The zero-order valence-electron chi connectivity index (χ0n) is 17.8. The molecule has 6 nitrogen and oxygen atoms in total. The van der Waals surface area contributed by atoms with Crippen molar-refractivity contribution in [2.24, 2.45) is 0 Å². The van der Waals surface area contributed by atoms with Gasteiger partial charge >= 0.3 is 0 Å². The highest BCUT2D eigenvalue weighted by molar-refractivity contribution is 7.99. The molecule has 0 saturated heterocycles. The van der Waals surface area contributed by atoms with Crippen molar-refractivity contribution in [2.45, 2.75) is 45.5 Å². The first-order valence-corrected chi connectivity index (χ1v) is 11.6. The molecule has 1 amide bonds. The molecule has 0 saturated carbocycles. The first kappa shape index (κ1) is 23.4. The summed E-state index contributed by atoms with van der Waals surface area (Å²) in [6.07, 6.45) is -0.288. The Labute approximate surface area is 196 Å². The number of aryl methyl sites for hydroxylation is 1. The maximum absolute atomic E-state index is 12.4. The summed E-state index contributed by atoms with van der Waals surface area (Å²) in [6, 6.07) is 10.9. The number of benzene rings is 2. The molecule has 0 aliphatic rings. The minimum atomic E-state index is -0.288. The largest absolute Gasteiger partial charge is 0.482 e. The molecule has 3 rings (SSSR count). The van der Waals surface area contributed by atoms with Crippen molar-refractivity contribution in [3.8, 4) is 5.75 Å². The van der Waals surface area contributed by atoms with Crippen molar-refractivity contribution in [2.75, 3.05) is 11.1 Å². The van der Waals surface area contributed by atoms with Gasteiger partial charge in [-0.05, 0) is 63.1 Å². The fraction of sp³-hybridized carbons (Fsp3) is 0.318. The van der Waals surface area contributed by atoms with Gasteiger partial charge in [0, 0.05) is 11.6 Å². The number of carbonyl (C=O) groups is 1. The van der Waals surface area contributed by atoms with Gasteiger partial charge in [-0.1, -0.05) is 47.1 Å². The maximum atomic E-state index is 12.4. The average Bonchev–Trinajstić information content (AvgIpc) is 3.15. The van der Waals surface area contributed by atoms with E-state index >= 15 is 0 Å². The fourth-order valence-corrected chi connectivity index (χ4v) is 4.27. The molecule has 1 heterocycles. The molecular formula is C22H24Cl2N4O2S. The van der Waals surface area contributed by atoms with Gasteiger partial charge in [-0.2, -0.15) is 0 Å². The van der Waals surface area contributed by atoms with Crippen LogP contribution in [0.1, 0.15) is 36.9 Å². The molecule has 1 aromatic heterocycles. The third kappa shape index (κ3) is 5.73. The van der Waals surface area contributed by atoms with Crippen LogP contribution in [0.2, 0.25) is 10.0 Å². The van der Waals surface area contributed by atoms with Crippen LogP contribution in [0, 0.1) is 13.8 Å². The highest BCUT2D eigenvalue weighted by atomic mass is 35.5. The number of hydrogen-bond acceptors (Lipinski definition) is 5. The molecule has 1 unspecified atom stereocenters. The molecule has 31 heavy (non-hydrogen) atoms. The topological polar surface area (TPSA) is 69.0 Å². The summed E-state index contributed by atoms with van der Waals surface area (Å²) in [7, 11) is 0. The third-order valence-corrected chi connectivity index (χ3v) is 6.34. The molecule has 0 fully saturated rings. The lowest BCUT2D eigenvalue weighted by Crippen LogP contribution is -2.15. The van der Waals surface area contributed by atoms with E-state index in [1.54, 1.807) is 18.2 Å². The Hall–Kier alpha value is -2.22. The Balaban J connectivity index is 1.66. The van der Waals surface area contributed by atoms with Crippen LogP contribution in [0.5, 0.6) is 5.75 Å². The number of ether oxygens (including phenoxy) is 1. The normalized spacial score (nSPS) is 11.9.